The standard InChI is InChI=1S/C26H28N6O4S.H2/c1-19(32-12-10-20-17-22(36-2)5-8-24(20)32)26(33)31-15-13-30(14-16-31)21-3-6-23(7-4-21)37(34,35)29-25-9-11-27-18-28-25;/h3-12,17-19H,13-16H2,1-2H3,(H,27,28,29);1H. The molecular weight excluding hydrogens is 492 g/mol. The second-order valence-electron chi connectivity index (χ2n) is 8.83. The molecule has 1 fully saturated rings. The third-order valence-electron chi connectivity index (χ3n) is 6.63. The van der Waals surface area contributed by atoms with E-state index in [4.69, 9.17) is 4.74 Å². The Bertz CT molecular complexity index is 1500. The lowest BCUT2D eigenvalue weighted by Crippen LogP contribution is -2.50. The molecule has 5 rings (SSSR count). The van der Waals surface area contributed by atoms with Crippen LogP contribution in [0.4, 0.5) is 11.5 Å². The molecule has 11 heteroatoms. The number of nitrogens with one attached hydrogen (secondary N) is 1. The number of hydrogen-bond donors (Lipinski definition) is 1. The Balaban J connectivity index is 0.00000336. The Morgan fingerprint density at radius 3 is 2.49 bits per heavy atom. The summed E-state index contributed by atoms with van der Waals surface area (Å²) < 4.78 is 35.0. The highest BCUT2D eigenvalue weighted by Gasteiger charge is 2.27. The summed E-state index contributed by atoms with van der Waals surface area (Å²) in [5.74, 6) is 1.07. The predicted molar refractivity (Wildman–Crippen MR) is 143 cm³/mol. The first-order valence-electron chi connectivity index (χ1n) is 11.9. The highest BCUT2D eigenvalue weighted by Crippen LogP contribution is 2.26. The SMILES string of the molecule is COc1ccc2c(ccn2C(C)C(=O)N2CCN(c3ccc(S(=O)(=O)Nc4ccncn4)cc3)CC2)c1.[HH]. The number of aromatic nitrogens is 3. The molecule has 1 unspecified atom stereocenters. The van der Waals surface area contributed by atoms with E-state index >= 15 is 0 Å². The van der Waals surface area contributed by atoms with Crippen LogP contribution >= 0.6 is 0 Å². The maximum absolute atomic E-state index is 13.3. The van der Waals surface area contributed by atoms with Gasteiger partial charge in [-0.2, -0.15) is 0 Å². The van der Waals surface area contributed by atoms with Crippen molar-refractivity contribution in [2.75, 3.05) is 42.9 Å². The van der Waals surface area contributed by atoms with E-state index in [2.05, 4.69) is 19.6 Å². The second kappa shape index (κ2) is 10.1. The van der Waals surface area contributed by atoms with E-state index < -0.39 is 10.0 Å². The quantitative estimate of drug-likeness (QED) is 0.396. The molecule has 194 valence electrons. The first-order chi connectivity index (χ1) is 17.9. The van der Waals surface area contributed by atoms with Crippen LogP contribution in [0.1, 0.15) is 14.4 Å². The fourth-order valence-corrected chi connectivity index (χ4v) is 5.57. The van der Waals surface area contributed by atoms with Crippen molar-refractivity contribution in [3.63, 3.8) is 0 Å². The first kappa shape index (κ1) is 24.6. The molecule has 1 aliphatic rings. The lowest BCUT2D eigenvalue weighted by atomic mass is 10.2. The number of methoxy groups -OCH3 is 1. The second-order valence-corrected chi connectivity index (χ2v) is 10.5. The summed E-state index contributed by atoms with van der Waals surface area (Å²) in [6.45, 7) is 4.42. The van der Waals surface area contributed by atoms with Crippen LogP contribution in [-0.4, -0.2) is 67.0 Å². The van der Waals surface area contributed by atoms with Crippen LogP contribution in [0.25, 0.3) is 10.9 Å². The van der Waals surface area contributed by atoms with Gasteiger partial charge in [0.05, 0.1) is 12.0 Å². The zero-order chi connectivity index (χ0) is 26.0. The molecule has 1 amide bonds. The van der Waals surface area contributed by atoms with E-state index in [9.17, 15) is 13.2 Å². The molecule has 0 aliphatic carbocycles. The van der Waals surface area contributed by atoms with Gasteiger partial charge < -0.3 is 19.1 Å². The molecular formula is C26H30N6O4S. The summed E-state index contributed by atoms with van der Waals surface area (Å²) in [5.41, 5.74) is 1.90. The number of rotatable bonds is 7. The topological polar surface area (TPSA) is 110 Å². The average Bonchev–Trinajstić information content (AvgIpc) is 3.36. The number of fused-ring (bicyclic) bond motifs is 1. The molecule has 2 aromatic heterocycles. The fraction of sp³-hybridized carbons (Fsp3) is 0.269. The number of nitrogens with zero attached hydrogens (tertiary/aromatic N) is 5. The van der Waals surface area contributed by atoms with Gasteiger partial charge in [0, 0.05) is 56.6 Å². The smallest absolute Gasteiger partial charge is 0.263 e. The van der Waals surface area contributed by atoms with Crippen molar-refractivity contribution < 1.29 is 19.4 Å². The summed E-state index contributed by atoms with van der Waals surface area (Å²) in [6, 6.07) is 15.7. The molecule has 0 saturated carbocycles. The number of benzene rings is 2. The van der Waals surface area contributed by atoms with Crippen LogP contribution in [0, 0.1) is 0 Å². The number of carbonyl (C=O) groups excluding carboxylic acids is 1. The van der Waals surface area contributed by atoms with Crippen molar-refractivity contribution >= 4 is 38.3 Å². The van der Waals surface area contributed by atoms with Crippen molar-refractivity contribution in [3.05, 3.63) is 73.3 Å². The largest absolute Gasteiger partial charge is 0.497 e. The van der Waals surface area contributed by atoms with Gasteiger partial charge in [0.1, 0.15) is 23.9 Å². The molecule has 3 heterocycles. The number of sulfonamides is 1. The zero-order valence-electron chi connectivity index (χ0n) is 20.6. The van der Waals surface area contributed by atoms with E-state index in [1.807, 2.05) is 46.9 Å². The Morgan fingerprint density at radius 1 is 1.05 bits per heavy atom. The van der Waals surface area contributed by atoms with Gasteiger partial charge in [0.15, 0.2) is 0 Å². The third kappa shape index (κ3) is 5.08. The number of ether oxygens (including phenoxy) is 1. The summed E-state index contributed by atoms with van der Waals surface area (Å²) in [5, 5.41) is 1.03. The normalized spacial score (nSPS) is 15.0. The van der Waals surface area contributed by atoms with E-state index in [-0.39, 0.29) is 24.1 Å². The predicted octanol–water partition coefficient (Wildman–Crippen LogP) is 3.40. The van der Waals surface area contributed by atoms with Gasteiger partial charge in [0.2, 0.25) is 5.91 Å². The van der Waals surface area contributed by atoms with Crippen molar-refractivity contribution in [3.8, 4) is 5.75 Å². The highest BCUT2D eigenvalue weighted by molar-refractivity contribution is 7.92. The van der Waals surface area contributed by atoms with Crippen LogP contribution in [0.5, 0.6) is 5.75 Å². The fourth-order valence-electron chi connectivity index (χ4n) is 4.56. The zero-order valence-corrected chi connectivity index (χ0v) is 21.4. The molecule has 0 bridgehead atoms. The number of anilines is 2. The molecule has 4 aromatic rings. The molecule has 0 radical (unpaired) electrons. The van der Waals surface area contributed by atoms with E-state index in [0.717, 1.165) is 22.3 Å². The van der Waals surface area contributed by atoms with Gasteiger partial charge in [-0.25, -0.2) is 18.4 Å². The number of amides is 1. The van der Waals surface area contributed by atoms with Gasteiger partial charge in [-0.05, 0) is 61.5 Å². The van der Waals surface area contributed by atoms with Crippen LogP contribution in [0.3, 0.4) is 0 Å². The van der Waals surface area contributed by atoms with Crippen molar-refractivity contribution in [2.24, 2.45) is 0 Å². The minimum absolute atomic E-state index is 0. The summed E-state index contributed by atoms with van der Waals surface area (Å²) in [6.07, 6.45) is 4.69. The Morgan fingerprint density at radius 2 is 1.81 bits per heavy atom. The molecule has 37 heavy (non-hydrogen) atoms. The van der Waals surface area contributed by atoms with Crippen LogP contribution < -0.4 is 14.4 Å². The minimum atomic E-state index is -3.75. The molecule has 1 aliphatic heterocycles. The Hall–Kier alpha value is -4.12. The van der Waals surface area contributed by atoms with Crippen molar-refractivity contribution in [1.29, 1.82) is 0 Å². The van der Waals surface area contributed by atoms with Crippen molar-refractivity contribution in [1.82, 2.24) is 19.4 Å². The average molecular weight is 523 g/mol. The highest BCUT2D eigenvalue weighted by atomic mass is 32.2. The summed E-state index contributed by atoms with van der Waals surface area (Å²) in [4.78, 5) is 25.2. The molecule has 10 nitrogen and oxygen atoms in total. The molecule has 1 atom stereocenters. The molecule has 0 spiro atoms. The Kier molecular flexibility index (Phi) is 6.70. The van der Waals surface area contributed by atoms with Gasteiger partial charge in [-0.15, -0.1) is 0 Å². The first-order valence-corrected chi connectivity index (χ1v) is 13.4. The minimum Gasteiger partial charge on any atom is -0.497 e. The number of carbonyl (C=O) groups is 1. The van der Waals surface area contributed by atoms with Crippen molar-refractivity contribution in [2.45, 2.75) is 17.9 Å². The maximum atomic E-state index is 13.3. The van der Waals surface area contributed by atoms with E-state index in [1.54, 1.807) is 31.4 Å². The molecule has 2 aromatic carbocycles. The van der Waals surface area contributed by atoms with E-state index in [1.165, 1.54) is 18.6 Å². The number of piperazine rings is 1. The summed E-state index contributed by atoms with van der Waals surface area (Å²) in [7, 11) is -2.11. The lowest BCUT2D eigenvalue weighted by Gasteiger charge is -2.37. The maximum Gasteiger partial charge on any atom is 0.263 e. The molecule has 1 N–H and O–H groups in total. The molecule has 1 saturated heterocycles. The van der Waals surface area contributed by atoms with Gasteiger partial charge in [0.25, 0.3) is 10.0 Å². The van der Waals surface area contributed by atoms with E-state index in [0.29, 0.717) is 26.2 Å². The third-order valence-corrected chi connectivity index (χ3v) is 8.00. The summed E-state index contributed by atoms with van der Waals surface area (Å²) >= 11 is 0. The van der Waals surface area contributed by atoms with Gasteiger partial charge in [-0.3, -0.25) is 9.52 Å². The number of hydrogen-bond acceptors (Lipinski definition) is 7. The Labute approximate surface area is 217 Å². The monoisotopic (exact) mass is 522 g/mol. The lowest BCUT2D eigenvalue weighted by molar-refractivity contribution is -0.134. The van der Waals surface area contributed by atoms with Gasteiger partial charge >= 0.3 is 0 Å². The van der Waals surface area contributed by atoms with Crippen LogP contribution in [0.2, 0.25) is 0 Å². The van der Waals surface area contributed by atoms with Gasteiger partial charge in [-0.1, -0.05) is 0 Å². The van der Waals surface area contributed by atoms with Crippen LogP contribution in [-0.2, 0) is 14.8 Å². The van der Waals surface area contributed by atoms with Crippen LogP contribution in [0.15, 0.2) is 78.2 Å².